The minimum absolute atomic E-state index is 0.279. The zero-order chi connectivity index (χ0) is 13.9. The van der Waals surface area contributed by atoms with Gasteiger partial charge in [0.1, 0.15) is 0 Å². The first-order valence-corrected chi connectivity index (χ1v) is 7.82. The number of rotatable bonds is 6. The van der Waals surface area contributed by atoms with Crippen LogP contribution in [0.15, 0.2) is 18.2 Å². The minimum atomic E-state index is 0.279. The molecule has 2 rings (SSSR count). The second-order valence-electron chi connectivity index (χ2n) is 7.07. The van der Waals surface area contributed by atoms with Crippen LogP contribution in [0.1, 0.15) is 57.2 Å². The average molecular weight is 259 g/mol. The molecule has 0 fully saturated rings. The highest BCUT2D eigenvalue weighted by atomic mass is 14.9. The molecular weight excluding hydrogens is 230 g/mol. The first kappa shape index (κ1) is 14.6. The third-order valence-corrected chi connectivity index (χ3v) is 4.36. The lowest BCUT2D eigenvalue weighted by Crippen LogP contribution is -2.27. The second-order valence-corrected chi connectivity index (χ2v) is 7.07. The Bertz CT molecular complexity index is 418. The zero-order valence-corrected chi connectivity index (χ0v) is 13.1. The Morgan fingerprint density at radius 1 is 1.16 bits per heavy atom. The number of aryl methyl sites for hydroxylation is 2. The zero-order valence-electron chi connectivity index (χ0n) is 13.1. The van der Waals surface area contributed by atoms with E-state index < -0.39 is 0 Å². The Morgan fingerprint density at radius 3 is 2.63 bits per heavy atom. The van der Waals surface area contributed by atoms with Gasteiger partial charge in [0, 0.05) is 0 Å². The van der Waals surface area contributed by atoms with Crippen LogP contribution in [0.4, 0.5) is 0 Å². The number of fused-ring (bicyclic) bond motifs is 1. The van der Waals surface area contributed by atoms with Crippen molar-refractivity contribution in [2.75, 3.05) is 13.1 Å². The van der Waals surface area contributed by atoms with Crippen molar-refractivity contribution < 1.29 is 0 Å². The van der Waals surface area contributed by atoms with Gasteiger partial charge in [-0.15, -0.1) is 0 Å². The number of hydrogen-bond acceptors (Lipinski definition) is 1. The number of benzene rings is 1. The standard InChI is InChI=1S/C18H29N/c1-14(2)13-19-11-10-18(3,4)17-9-8-15-6-5-7-16(15)12-17/h8-9,12,14,19H,5-7,10-11,13H2,1-4H3. The van der Waals surface area contributed by atoms with Crippen molar-refractivity contribution in [1.29, 1.82) is 0 Å². The molecule has 0 spiro atoms. The van der Waals surface area contributed by atoms with Crippen molar-refractivity contribution in [3.63, 3.8) is 0 Å². The van der Waals surface area contributed by atoms with Crippen molar-refractivity contribution in [3.05, 3.63) is 34.9 Å². The molecule has 0 saturated heterocycles. The normalized spacial score (nSPS) is 15.0. The maximum Gasteiger partial charge on any atom is -0.00258 e. The molecule has 1 aromatic rings. The van der Waals surface area contributed by atoms with Crippen LogP contribution in [0, 0.1) is 5.92 Å². The van der Waals surface area contributed by atoms with Crippen molar-refractivity contribution in [3.8, 4) is 0 Å². The summed E-state index contributed by atoms with van der Waals surface area (Å²) in [7, 11) is 0. The van der Waals surface area contributed by atoms with Gasteiger partial charge < -0.3 is 5.32 Å². The molecule has 1 aromatic carbocycles. The van der Waals surface area contributed by atoms with Gasteiger partial charge in [-0.3, -0.25) is 0 Å². The molecule has 1 heteroatoms. The topological polar surface area (TPSA) is 12.0 Å². The van der Waals surface area contributed by atoms with Crippen molar-refractivity contribution in [2.24, 2.45) is 5.92 Å². The van der Waals surface area contributed by atoms with E-state index in [2.05, 4.69) is 51.2 Å². The molecule has 1 N–H and O–H groups in total. The lowest BCUT2D eigenvalue weighted by atomic mass is 9.80. The average Bonchev–Trinajstić information content (AvgIpc) is 2.81. The van der Waals surface area contributed by atoms with E-state index in [4.69, 9.17) is 0 Å². The highest BCUT2D eigenvalue weighted by molar-refractivity contribution is 5.38. The fourth-order valence-corrected chi connectivity index (χ4v) is 2.93. The van der Waals surface area contributed by atoms with Crippen molar-refractivity contribution >= 4 is 0 Å². The molecule has 1 aliphatic rings. The Labute approximate surface area is 118 Å². The Balaban J connectivity index is 1.95. The summed E-state index contributed by atoms with van der Waals surface area (Å²) in [5, 5.41) is 3.56. The van der Waals surface area contributed by atoms with Gasteiger partial charge in [0.2, 0.25) is 0 Å². The van der Waals surface area contributed by atoms with E-state index in [9.17, 15) is 0 Å². The minimum Gasteiger partial charge on any atom is -0.316 e. The van der Waals surface area contributed by atoms with E-state index in [1.807, 2.05) is 0 Å². The first-order chi connectivity index (χ1) is 8.99. The van der Waals surface area contributed by atoms with E-state index in [0.717, 1.165) is 19.0 Å². The maximum atomic E-state index is 3.56. The summed E-state index contributed by atoms with van der Waals surface area (Å²) in [5.74, 6) is 0.739. The van der Waals surface area contributed by atoms with Crippen LogP contribution in [-0.4, -0.2) is 13.1 Å². The van der Waals surface area contributed by atoms with Gasteiger partial charge >= 0.3 is 0 Å². The van der Waals surface area contributed by atoms with Crippen LogP contribution in [0.2, 0.25) is 0 Å². The van der Waals surface area contributed by atoms with Gasteiger partial charge in [-0.05, 0) is 66.8 Å². The Morgan fingerprint density at radius 2 is 1.89 bits per heavy atom. The largest absolute Gasteiger partial charge is 0.316 e. The van der Waals surface area contributed by atoms with Crippen LogP contribution in [0.25, 0.3) is 0 Å². The second kappa shape index (κ2) is 6.09. The Kier molecular flexibility index (Phi) is 4.67. The molecule has 0 amide bonds. The molecule has 1 aliphatic carbocycles. The monoisotopic (exact) mass is 259 g/mol. The van der Waals surface area contributed by atoms with Crippen LogP contribution in [0.5, 0.6) is 0 Å². The highest BCUT2D eigenvalue weighted by Crippen LogP contribution is 2.31. The third-order valence-electron chi connectivity index (χ3n) is 4.36. The molecule has 0 bridgehead atoms. The fourth-order valence-electron chi connectivity index (χ4n) is 2.93. The van der Waals surface area contributed by atoms with Gasteiger partial charge in [0.05, 0.1) is 0 Å². The molecule has 0 radical (unpaired) electrons. The summed E-state index contributed by atoms with van der Waals surface area (Å²) in [4.78, 5) is 0. The van der Waals surface area contributed by atoms with Gasteiger partial charge in [0.25, 0.3) is 0 Å². The Hall–Kier alpha value is -0.820. The van der Waals surface area contributed by atoms with Crippen LogP contribution in [0.3, 0.4) is 0 Å². The number of nitrogens with one attached hydrogen (secondary N) is 1. The van der Waals surface area contributed by atoms with Gasteiger partial charge in [-0.2, -0.15) is 0 Å². The molecule has 106 valence electrons. The highest BCUT2D eigenvalue weighted by Gasteiger charge is 2.22. The molecule has 0 aliphatic heterocycles. The third kappa shape index (κ3) is 3.82. The predicted molar refractivity (Wildman–Crippen MR) is 83.8 cm³/mol. The molecule has 0 unspecified atom stereocenters. The summed E-state index contributed by atoms with van der Waals surface area (Å²) in [6.45, 7) is 11.5. The van der Waals surface area contributed by atoms with Crippen LogP contribution >= 0.6 is 0 Å². The van der Waals surface area contributed by atoms with Crippen LogP contribution < -0.4 is 5.32 Å². The van der Waals surface area contributed by atoms with Gasteiger partial charge in [0.15, 0.2) is 0 Å². The summed E-state index contributed by atoms with van der Waals surface area (Å²) in [5.41, 5.74) is 4.97. The molecule has 0 aromatic heterocycles. The summed E-state index contributed by atoms with van der Waals surface area (Å²) in [6, 6.07) is 7.18. The van der Waals surface area contributed by atoms with E-state index in [-0.39, 0.29) is 5.41 Å². The van der Waals surface area contributed by atoms with E-state index >= 15 is 0 Å². The smallest absolute Gasteiger partial charge is 0.00258 e. The molecule has 0 saturated carbocycles. The van der Waals surface area contributed by atoms with Gasteiger partial charge in [-0.1, -0.05) is 45.9 Å². The predicted octanol–water partition coefficient (Wildman–Crippen LogP) is 4.09. The molecule has 19 heavy (non-hydrogen) atoms. The van der Waals surface area contributed by atoms with E-state index in [1.54, 1.807) is 11.1 Å². The van der Waals surface area contributed by atoms with Crippen molar-refractivity contribution in [1.82, 2.24) is 5.32 Å². The summed E-state index contributed by atoms with van der Waals surface area (Å²) >= 11 is 0. The van der Waals surface area contributed by atoms with E-state index in [1.165, 1.54) is 31.2 Å². The number of hydrogen-bond donors (Lipinski definition) is 1. The summed E-state index contributed by atoms with van der Waals surface area (Å²) in [6.07, 6.45) is 5.12. The molecule has 0 heterocycles. The van der Waals surface area contributed by atoms with E-state index in [0.29, 0.717) is 0 Å². The molecule has 0 atom stereocenters. The lowest BCUT2D eigenvalue weighted by molar-refractivity contribution is 0.442. The fraction of sp³-hybridized carbons (Fsp3) is 0.667. The maximum absolute atomic E-state index is 3.56. The quantitative estimate of drug-likeness (QED) is 0.759. The van der Waals surface area contributed by atoms with Crippen molar-refractivity contribution in [2.45, 2.75) is 58.8 Å². The molecule has 1 nitrogen and oxygen atoms in total. The van der Waals surface area contributed by atoms with Gasteiger partial charge in [-0.25, -0.2) is 0 Å². The summed E-state index contributed by atoms with van der Waals surface area (Å²) < 4.78 is 0. The lowest BCUT2D eigenvalue weighted by Gasteiger charge is -2.26. The SMILES string of the molecule is CC(C)CNCCC(C)(C)c1ccc2c(c1)CCC2. The molecular formula is C18H29N. The van der Waals surface area contributed by atoms with Crippen LogP contribution in [-0.2, 0) is 18.3 Å². The first-order valence-electron chi connectivity index (χ1n) is 7.82.